The zero-order valence-electron chi connectivity index (χ0n) is 18.5. The van der Waals surface area contributed by atoms with E-state index in [2.05, 4.69) is 6.07 Å². The number of hydrogen-bond acceptors (Lipinski definition) is 5. The van der Waals surface area contributed by atoms with Crippen molar-refractivity contribution in [3.8, 4) is 16.9 Å². The van der Waals surface area contributed by atoms with Gasteiger partial charge in [0.15, 0.2) is 9.84 Å². The monoisotopic (exact) mass is 455 g/mol. The fraction of sp³-hybridized carbons (Fsp3) is 0.480. The smallest absolute Gasteiger partial charge is 0.410 e. The van der Waals surface area contributed by atoms with Crippen LogP contribution in [0.15, 0.2) is 47.4 Å². The van der Waals surface area contributed by atoms with E-state index in [1.807, 2.05) is 36.1 Å². The van der Waals surface area contributed by atoms with Crippen molar-refractivity contribution in [3.05, 3.63) is 48.0 Å². The number of likely N-dealkylation sites (tertiary alicyclic amines) is 1. The number of amides is 1. The van der Waals surface area contributed by atoms with Crippen molar-refractivity contribution < 1.29 is 22.7 Å². The van der Waals surface area contributed by atoms with Gasteiger partial charge in [-0.2, -0.15) is 0 Å². The van der Waals surface area contributed by atoms with Crippen LogP contribution in [0.1, 0.15) is 38.2 Å². The van der Waals surface area contributed by atoms with Gasteiger partial charge >= 0.3 is 6.09 Å². The second-order valence-corrected chi connectivity index (χ2v) is 11.6. The number of carbonyl (C=O) groups is 1. The molecule has 2 aliphatic heterocycles. The molecule has 0 bridgehead atoms. The average molecular weight is 456 g/mol. The Bertz CT molecular complexity index is 1130. The van der Waals surface area contributed by atoms with Crippen LogP contribution in [-0.4, -0.2) is 50.5 Å². The Morgan fingerprint density at radius 3 is 2.34 bits per heavy atom. The second kappa shape index (κ2) is 7.80. The zero-order chi connectivity index (χ0) is 22.5. The fourth-order valence-corrected chi connectivity index (χ4v) is 5.25. The fourth-order valence-electron chi connectivity index (χ4n) is 4.62. The van der Waals surface area contributed by atoms with E-state index in [4.69, 9.17) is 9.47 Å². The van der Waals surface area contributed by atoms with Gasteiger partial charge in [-0.15, -0.1) is 0 Å². The molecule has 0 N–H and O–H groups in total. The minimum Gasteiger partial charge on any atom is -0.490 e. The maximum atomic E-state index is 12.3. The van der Waals surface area contributed by atoms with Crippen molar-refractivity contribution in [2.45, 2.75) is 55.6 Å². The molecule has 0 aromatic heterocycles. The molecule has 0 radical (unpaired) electrons. The summed E-state index contributed by atoms with van der Waals surface area (Å²) in [6, 6.07) is 13.2. The zero-order valence-corrected chi connectivity index (χ0v) is 19.4. The quantitative estimate of drug-likeness (QED) is 0.681. The van der Waals surface area contributed by atoms with Crippen LogP contribution in [0.2, 0.25) is 0 Å². The molecule has 2 heterocycles. The van der Waals surface area contributed by atoms with Crippen molar-refractivity contribution in [2.75, 3.05) is 19.3 Å². The summed E-state index contributed by atoms with van der Waals surface area (Å²) in [4.78, 5) is 14.5. The van der Waals surface area contributed by atoms with E-state index in [1.165, 1.54) is 11.8 Å². The molecule has 0 spiro atoms. The lowest BCUT2D eigenvalue weighted by Crippen LogP contribution is -2.43. The van der Waals surface area contributed by atoms with Gasteiger partial charge in [0.1, 0.15) is 17.5 Å². The van der Waals surface area contributed by atoms with Crippen molar-refractivity contribution in [3.63, 3.8) is 0 Å². The van der Waals surface area contributed by atoms with E-state index in [9.17, 15) is 13.2 Å². The third kappa shape index (κ3) is 4.35. The Kier molecular flexibility index (Phi) is 5.19. The topological polar surface area (TPSA) is 72.9 Å². The summed E-state index contributed by atoms with van der Waals surface area (Å²) in [5.74, 6) is 1.34. The molecule has 1 unspecified atom stereocenters. The molecule has 170 valence electrons. The van der Waals surface area contributed by atoms with Gasteiger partial charge < -0.3 is 14.4 Å². The van der Waals surface area contributed by atoms with Crippen LogP contribution in [0.25, 0.3) is 11.1 Å². The van der Waals surface area contributed by atoms with Crippen molar-refractivity contribution in [1.82, 2.24) is 4.90 Å². The largest absolute Gasteiger partial charge is 0.490 e. The highest BCUT2D eigenvalue weighted by Gasteiger charge is 2.43. The summed E-state index contributed by atoms with van der Waals surface area (Å²) in [5.41, 5.74) is 3.00. The Morgan fingerprint density at radius 2 is 1.72 bits per heavy atom. The predicted molar refractivity (Wildman–Crippen MR) is 122 cm³/mol. The molecule has 1 saturated carbocycles. The van der Waals surface area contributed by atoms with Gasteiger partial charge in [-0.25, -0.2) is 13.2 Å². The summed E-state index contributed by atoms with van der Waals surface area (Å²) in [5, 5.41) is 0. The number of piperidine rings is 1. The van der Waals surface area contributed by atoms with Crippen LogP contribution >= 0.6 is 0 Å². The first-order valence-electron chi connectivity index (χ1n) is 11.3. The predicted octanol–water partition coefficient (Wildman–Crippen LogP) is 4.46. The molecule has 3 aliphatic rings. The average Bonchev–Trinajstić information content (AvgIpc) is 3.34. The van der Waals surface area contributed by atoms with Crippen LogP contribution in [0.3, 0.4) is 0 Å². The molecule has 1 atom stereocenters. The number of nitrogens with zero attached hydrogens (tertiary/aromatic N) is 1. The highest BCUT2D eigenvalue weighted by Crippen LogP contribution is 2.40. The van der Waals surface area contributed by atoms with Crippen LogP contribution in [0, 0.1) is 5.92 Å². The Morgan fingerprint density at radius 1 is 1.06 bits per heavy atom. The summed E-state index contributed by atoms with van der Waals surface area (Å²) >= 11 is 0. The molecule has 2 fully saturated rings. The first kappa shape index (κ1) is 21.3. The summed E-state index contributed by atoms with van der Waals surface area (Å²) < 4.78 is 35.3. The summed E-state index contributed by atoms with van der Waals surface area (Å²) in [6.07, 6.45) is 5.81. The molecule has 1 amide bonds. The normalized spacial score (nSPS) is 22.2. The minimum absolute atomic E-state index is 0.131. The summed E-state index contributed by atoms with van der Waals surface area (Å²) in [7, 11) is -3.20. The molecule has 5 rings (SSSR count). The van der Waals surface area contributed by atoms with E-state index in [0.717, 1.165) is 49.0 Å². The van der Waals surface area contributed by atoms with Crippen LogP contribution in [0.5, 0.6) is 5.75 Å². The van der Waals surface area contributed by atoms with Crippen LogP contribution < -0.4 is 4.74 Å². The highest BCUT2D eigenvalue weighted by atomic mass is 32.2. The maximum Gasteiger partial charge on any atom is 0.410 e. The van der Waals surface area contributed by atoms with E-state index in [-0.39, 0.29) is 17.8 Å². The minimum atomic E-state index is -3.20. The number of fused-ring (bicyclic) bond motifs is 1. The third-order valence-corrected chi connectivity index (χ3v) is 8.12. The number of ether oxygens (including phenoxy) is 2. The van der Waals surface area contributed by atoms with Gasteiger partial charge in [0, 0.05) is 25.8 Å². The Hall–Kier alpha value is -2.54. The second-order valence-electron chi connectivity index (χ2n) is 9.62. The van der Waals surface area contributed by atoms with E-state index < -0.39 is 9.84 Å². The van der Waals surface area contributed by atoms with Gasteiger partial charge in [0.2, 0.25) is 0 Å². The molecule has 7 heteroatoms. The third-order valence-electron chi connectivity index (χ3n) is 6.99. The molecule has 6 nitrogen and oxygen atoms in total. The molecular weight excluding hydrogens is 426 g/mol. The van der Waals surface area contributed by atoms with Crippen molar-refractivity contribution >= 4 is 15.9 Å². The van der Waals surface area contributed by atoms with Gasteiger partial charge in [0.25, 0.3) is 0 Å². The maximum absolute atomic E-state index is 12.3. The van der Waals surface area contributed by atoms with Gasteiger partial charge in [-0.1, -0.05) is 18.2 Å². The lowest BCUT2D eigenvalue weighted by Gasteiger charge is -2.34. The standard InChI is InChI=1S/C25H29NO5S/c1-25(11-12-25)31-24(27)26-13-9-18(10-14-26)23-16-20-15-19(5-8-22(20)30-23)17-3-6-21(7-4-17)32(2,28)29/h3-8,15,18,23H,9-14,16H2,1-2H3. The highest BCUT2D eigenvalue weighted by molar-refractivity contribution is 7.90. The van der Waals surface area contributed by atoms with E-state index >= 15 is 0 Å². The Labute approximate surface area is 189 Å². The van der Waals surface area contributed by atoms with E-state index in [0.29, 0.717) is 23.9 Å². The van der Waals surface area contributed by atoms with Gasteiger partial charge in [0.05, 0.1) is 4.90 Å². The van der Waals surface area contributed by atoms with Crippen LogP contribution in [-0.2, 0) is 21.0 Å². The van der Waals surface area contributed by atoms with Gasteiger partial charge in [-0.3, -0.25) is 0 Å². The molecule has 2 aromatic rings. The molecule has 32 heavy (non-hydrogen) atoms. The van der Waals surface area contributed by atoms with E-state index in [1.54, 1.807) is 12.1 Å². The van der Waals surface area contributed by atoms with Crippen molar-refractivity contribution in [1.29, 1.82) is 0 Å². The molecule has 1 aliphatic carbocycles. The number of hydrogen-bond donors (Lipinski definition) is 0. The number of rotatable bonds is 4. The van der Waals surface area contributed by atoms with Crippen molar-refractivity contribution in [2.24, 2.45) is 5.92 Å². The Balaban J connectivity index is 1.21. The lowest BCUT2D eigenvalue weighted by atomic mass is 9.89. The number of carbonyl (C=O) groups excluding carboxylic acids is 1. The molecular formula is C25H29NO5S. The summed E-state index contributed by atoms with van der Waals surface area (Å²) in [6.45, 7) is 3.43. The first-order valence-corrected chi connectivity index (χ1v) is 13.2. The molecule has 2 aromatic carbocycles. The number of benzene rings is 2. The molecule has 1 saturated heterocycles. The lowest BCUT2D eigenvalue weighted by molar-refractivity contribution is 0.0379. The SMILES string of the molecule is CC1(OC(=O)N2CCC(C3Cc4cc(-c5ccc(S(C)(=O)=O)cc5)ccc4O3)CC2)CC1. The van der Waals surface area contributed by atoms with Gasteiger partial charge in [-0.05, 0) is 79.5 Å². The van der Waals surface area contributed by atoms with Crippen LogP contribution in [0.4, 0.5) is 4.79 Å². The number of sulfone groups is 1. The first-order chi connectivity index (χ1) is 15.2.